The second kappa shape index (κ2) is 2.83. The molecule has 1 saturated carbocycles. The molecule has 2 rings (SSSR count). The molecule has 2 aliphatic rings. The number of Topliss-reactive ketones (excluding diaryl/α,β-unsaturated/α-hetero) is 1. The fraction of sp³-hybridized carbons (Fsp3) is 0.625. The molecule has 0 aromatic rings. The summed E-state index contributed by atoms with van der Waals surface area (Å²) >= 11 is 0. The maximum absolute atomic E-state index is 11.3. The molecule has 1 aliphatic carbocycles. The Morgan fingerprint density at radius 2 is 2.15 bits per heavy atom. The average Bonchev–Trinajstić information content (AvgIpc) is 2.88. The molecule has 5 nitrogen and oxygen atoms in total. The molecular weight excluding hydrogens is 172 g/mol. The number of hydrogen-bond acceptors (Lipinski definition) is 3. The highest BCUT2D eigenvalue weighted by molar-refractivity contribution is 6.05. The molecule has 2 fully saturated rings. The molecule has 0 spiro atoms. The van der Waals surface area contributed by atoms with Gasteiger partial charge in [0.25, 0.3) is 0 Å². The number of carbonyl (C=O) groups excluding carboxylic acids is 3. The number of carbonyl (C=O) groups is 3. The number of ketones is 1. The van der Waals surface area contributed by atoms with Gasteiger partial charge in [-0.1, -0.05) is 0 Å². The molecule has 1 saturated heterocycles. The lowest BCUT2D eigenvalue weighted by Gasteiger charge is -2.09. The Balaban J connectivity index is 1.95. The number of nitrogens with one attached hydrogen (secondary N) is 1. The topological polar surface area (TPSA) is 66.5 Å². The molecule has 1 aliphatic heterocycles. The van der Waals surface area contributed by atoms with E-state index >= 15 is 0 Å². The van der Waals surface area contributed by atoms with Crippen LogP contribution in [0.5, 0.6) is 0 Å². The zero-order valence-corrected chi connectivity index (χ0v) is 7.08. The van der Waals surface area contributed by atoms with E-state index in [0.717, 1.165) is 17.7 Å². The van der Waals surface area contributed by atoms with E-state index < -0.39 is 6.03 Å². The van der Waals surface area contributed by atoms with E-state index in [2.05, 4.69) is 5.32 Å². The molecule has 1 N–H and O–H groups in total. The maximum atomic E-state index is 11.3. The Morgan fingerprint density at radius 1 is 1.46 bits per heavy atom. The minimum absolute atomic E-state index is 0.00500. The first-order valence-electron chi connectivity index (χ1n) is 4.29. The van der Waals surface area contributed by atoms with Gasteiger partial charge in [-0.2, -0.15) is 0 Å². The quantitative estimate of drug-likeness (QED) is 0.599. The number of rotatable bonds is 3. The van der Waals surface area contributed by atoms with Crippen molar-refractivity contribution in [3.63, 3.8) is 0 Å². The molecule has 0 unspecified atom stereocenters. The second-order valence-corrected chi connectivity index (χ2v) is 3.38. The van der Waals surface area contributed by atoms with Gasteiger partial charge in [0.05, 0.1) is 13.1 Å². The molecule has 0 aromatic carbocycles. The van der Waals surface area contributed by atoms with Crippen molar-refractivity contribution in [1.82, 2.24) is 10.2 Å². The van der Waals surface area contributed by atoms with Crippen molar-refractivity contribution in [3.05, 3.63) is 0 Å². The smallest absolute Gasteiger partial charge is 0.324 e. The van der Waals surface area contributed by atoms with Crippen LogP contribution in [0.15, 0.2) is 0 Å². The van der Waals surface area contributed by atoms with Crippen molar-refractivity contribution in [2.75, 3.05) is 13.1 Å². The Labute approximate surface area is 75.1 Å². The number of amides is 3. The van der Waals surface area contributed by atoms with Crippen molar-refractivity contribution in [2.24, 2.45) is 5.92 Å². The number of hydrogen-bond donors (Lipinski definition) is 1. The summed E-state index contributed by atoms with van der Waals surface area (Å²) in [5.41, 5.74) is 0. The number of imide groups is 1. The van der Waals surface area contributed by atoms with E-state index in [4.69, 9.17) is 0 Å². The van der Waals surface area contributed by atoms with Gasteiger partial charge in [0.1, 0.15) is 0 Å². The van der Waals surface area contributed by atoms with Crippen LogP contribution in [0.2, 0.25) is 0 Å². The summed E-state index contributed by atoms with van der Waals surface area (Å²) in [6.07, 6.45) is 1.81. The third-order valence-corrected chi connectivity index (χ3v) is 2.28. The Morgan fingerprint density at radius 3 is 2.62 bits per heavy atom. The van der Waals surface area contributed by atoms with Gasteiger partial charge in [0, 0.05) is 5.92 Å². The van der Waals surface area contributed by atoms with Crippen molar-refractivity contribution in [3.8, 4) is 0 Å². The molecule has 13 heavy (non-hydrogen) atoms. The highest BCUT2D eigenvalue weighted by Crippen LogP contribution is 2.30. The van der Waals surface area contributed by atoms with Gasteiger partial charge in [-0.05, 0) is 12.8 Å². The van der Waals surface area contributed by atoms with Crippen molar-refractivity contribution < 1.29 is 14.4 Å². The highest BCUT2D eigenvalue weighted by atomic mass is 16.2. The largest absolute Gasteiger partial charge is 0.329 e. The van der Waals surface area contributed by atoms with Crippen molar-refractivity contribution in [2.45, 2.75) is 12.8 Å². The SMILES string of the molecule is O=C(CN1C(=O)CNC1=O)C1CC1. The first-order valence-corrected chi connectivity index (χ1v) is 4.29. The molecule has 70 valence electrons. The van der Waals surface area contributed by atoms with Gasteiger partial charge >= 0.3 is 6.03 Å². The first kappa shape index (κ1) is 8.22. The summed E-state index contributed by atoms with van der Waals surface area (Å²) in [5.74, 6) is -0.203. The fourth-order valence-corrected chi connectivity index (χ4v) is 1.31. The van der Waals surface area contributed by atoms with Crippen LogP contribution in [0.25, 0.3) is 0 Å². The third kappa shape index (κ3) is 1.54. The second-order valence-electron chi connectivity index (χ2n) is 3.38. The van der Waals surface area contributed by atoms with E-state index in [1.165, 1.54) is 0 Å². The molecule has 0 bridgehead atoms. The standard InChI is InChI=1S/C8H10N2O3/c11-6(5-1-2-5)4-10-7(12)3-9-8(10)13/h5H,1-4H2,(H,9,13). The monoisotopic (exact) mass is 182 g/mol. The molecule has 1 heterocycles. The summed E-state index contributed by atoms with van der Waals surface area (Å²) in [6, 6.07) is -0.445. The predicted molar refractivity (Wildman–Crippen MR) is 42.8 cm³/mol. The normalized spacial score (nSPS) is 22.0. The van der Waals surface area contributed by atoms with Crippen molar-refractivity contribution >= 4 is 17.7 Å². The Hall–Kier alpha value is -1.39. The minimum Gasteiger partial charge on any atom is -0.329 e. The van der Waals surface area contributed by atoms with Crippen LogP contribution in [0.1, 0.15) is 12.8 Å². The molecule has 0 atom stereocenters. The zero-order chi connectivity index (χ0) is 9.42. The van der Waals surface area contributed by atoms with Gasteiger partial charge in [0.2, 0.25) is 5.91 Å². The Bertz CT molecular complexity index is 267. The van der Waals surface area contributed by atoms with Gasteiger partial charge < -0.3 is 5.32 Å². The first-order chi connectivity index (χ1) is 6.18. The predicted octanol–water partition coefficient (Wildman–Crippen LogP) is -0.483. The third-order valence-electron chi connectivity index (χ3n) is 2.28. The molecule has 0 aromatic heterocycles. The molecule has 0 radical (unpaired) electrons. The molecule has 3 amide bonds. The summed E-state index contributed by atoms with van der Waals surface area (Å²) in [4.78, 5) is 34.3. The van der Waals surface area contributed by atoms with E-state index in [9.17, 15) is 14.4 Å². The van der Waals surface area contributed by atoms with Gasteiger partial charge in [-0.3, -0.25) is 14.5 Å². The Kier molecular flexibility index (Phi) is 1.79. The van der Waals surface area contributed by atoms with Gasteiger partial charge in [-0.25, -0.2) is 4.79 Å². The zero-order valence-electron chi connectivity index (χ0n) is 7.08. The van der Waals surface area contributed by atoms with Crippen LogP contribution in [0.3, 0.4) is 0 Å². The lowest BCUT2D eigenvalue weighted by Crippen LogP contribution is -2.36. The van der Waals surface area contributed by atoms with E-state index in [-0.39, 0.29) is 30.7 Å². The number of urea groups is 1. The van der Waals surface area contributed by atoms with E-state index in [1.54, 1.807) is 0 Å². The van der Waals surface area contributed by atoms with Crippen LogP contribution in [-0.4, -0.2) is 35.7 Å². The lowest BCUT2D eigenvalue weighted by molar-refractivity contribution is -0.130. The van der Waals surface area contributed by atoms with Crippen LogP contribution in [0, 0.1) is 5.92 Å². The maximum Gasteiger partial charge on any atom is 0.324 e. The van der Waals surface area contributed by atoms with Crippen LogP contribution in [-0.2, 0) is 9.59 Å². The molecule has 5 heteroatoms. The van der Waals surface area contributed by atoms with E-state index in [0.29, 0.717) is 0 Å². The summed E-state index contributed by atoms with van der Waals surface area (Å²) in [6.45, 7) is -0.0217. The highest BCUT2D eigenvalue weighted by Gasteiger charge is 2.35. The van der Waals surface area contributed by atoms with Crippen molar-refractivity contribution in [1.29, 1.82) is 0 Å². The van der Waals surface area contributed by atoms with Gasteiger partial charge in [0.15, 0.2) is 5.78 Å². The van der Waals surface area contributed by atoms with Crippen LogP contribution in [0.4, 0.5) is 4.79 Å². The van der Waals surface area contributed by atoms with Crippen LogP contribution >= 0.6 is 0 Å². The lowest BCUT2D eigenvalue weighted by atomic mass is 10.2. The minimum atomic E-state index is -0.445. The molecular formula is C8H10N2O3. The van der Waals surface area contributed by atoms with Gasteiger partial charge in [-0.15, -0.1) is 0 Å². The summed E-state index contributed by atoms with van der Waals surface area (Å²) in [7, 11) is 0. The average molecular weight is 182 g/mol. The summed E-state index contributed by atoms with van der Waals surface area (Å²) < 4.78 is 0. The van der Waals surface area contributed by atoms with E-state index in [1.807, 2.05) is 0 Å². The number of nitrogens with zero attached hydrogens (tertiary/aromatic N) is 1. The fourth-order valence-electron chi connectivity index (χ4n) is 1.31. The summed E-state index contributed by atoms with van der Waals surface area (Å²) in [5, 5.41) is 2.37. The van der Waals surface area contributed by atoms with Crippen LogP contribution < -0.4 is 5.32 Å².